The van der Waals surface area contributed by atoms with Gasteiger partial charge in [0.1, 0.15) is 0 Å². The molecule has 2 nitrogen and oxygen atoms in total. The highest BCUT2D eigenvalue weighted by Crippen LogP contribution is 2.31. The molecule has 0 spiro atoms. The van der Waals surface area contributed by atoms with Gasteiger partial charge in [0, 0.05) is 0 Å². The van der Waals surface area contributed by atoms with Crippen LogP contribution in [0.1, 0.15) is 36.1 Å². The molecule has 0 bridgehead atoms. The molecule has 1 aromatic carbocycles. The Morgan fingerprint density at radius 1 is 1.50 bits per heavy atom. The number of rotatable bonds is 1. The molecule has 0 saturated heterocycles. The van der Waals surface area contributed by atoms with E-state index in [1.165, 1.54) is 16.7 Å². The maximum Gasteiger partial charge on any atom is 0.0769 e. The predicted octanol–water partition coefficient (Wildman–Crippen LogP) is 2.30. The summed E-state index contributed by atoms with van der Waals surface area (Å²) in [6.07, 6.45) is 1.16. The van der Waals surface area contributed by atoms with E-state index < -0.39 is 0 Å². The van der Waals surface area contributed by atoms with Crippen LogP contribution >= 0.6 is 0 Å². The number of hydrogen-bond donors (Lipinski definition) is 1. The van der Waals surface area contributed by atoms with Crippen LogP contribution in [0.2, 0.25) is 0 Å². The van der Waals surface area contributed by atoms with Crippen molar-refractivity contribution in [2.24, 2.45) is 5.73 Å². The van der Waals surface area contributed by atoms with Gasteiger partial charge in [0.05, 0.1) is 18.8 Å². The first kappa shape index (κ1) is 9.69. The molecule has 1 aromatic rings. The SMILES string of the molecule is CCC1OCc2cccc(C)c2[C@@H]1N. The van der Waals surface area contributed by atoms with E-state index in [0.717, 1.165) is 6.42 Å². The lowest BCUT2D eigenvalue weighted by atomic mass is 9.90. The molecule has 14 heavy (non-hydrogen) atoms. The van der Waals surface area contributed by atoms with Crippen molar-refractivity contribution in [3.63, 3.8) is 0 Å². The highest BCUT2D eigenvalue weighted by Gasteiger charge is 2.26. The largest absolute Gasteiger partial charge is 0.372 e. The van der Waals surface area contributed by atoms with Crippen LogP contribution in [0.5, 0.6) is 0 Å². The van der Waals surface area contributed by atoms with Crippen molar-refractivity contribution in [3.8, 4) is 0 Å². The summed E-state index contributed by atoms with van der Waals surface area (Å²) in [6, 6.07) is 6.34. The van der Waals surface area contributed by atoms with Gasteiger partial charge in [-0.1, -0.05) is 25.1 Å². The van der Waals surface area contributed by atoms with Crippen LogP contribution in [0.25, 0.3) is 0 Å². The van der Waals surface area contributed by atoms with Gasteiger partial charge in [0.25, 0.3) is 0 Å². The third-order valence-electron chi connectivity index (χ3n) is 3.00. The molecule has 0 fully saturated rings. The molecule has 0 saturated carbocycles. The second-order valence-electron chi connectivity index (χ2n) is 3.93. The van der Waals surface area contributed by atoms with E-state index in [9.17, 15) is 0 Å². The molecule has 2 heteroatoms. The molecule has 2 N–H and O–H groups in total. The highest BCUT2D eigenvalue weighted by molar-refractivity contribution is 5.38. The third kappa shape index (κ3) is 1.45. The molecule has 0 radical (unpaired) electrons. The molecule has 76 valence electrons. The lowest BCUT2D eigenvalue weighted by Gasteiger charge is -2.31. The minimum atomic E-state index is 0.0462. The Balaban J connectivity index is 2.43. The van der Waals surface area contributed by atoms with Gasteiger partial charge in [0.15, 0.2) is 0 Å². The van der Waals surface area contributed by atoms with E-state index in [2.05, 4.69) is 32.0 Å². The van der Waals surface area contributed by atoms with Gasteiger partial charge in [-0.3, -0.25) is 0 Å². The Hall–Kier alpha value is -0.860. The zero-order valence-corrected chi connectivity index (χ0v) is 8.79. The second-order valence-corrected chi connectivity index (χ2v) is 3.93. The van der Waals surface area contributed by atoms with E-state index >= 15 is 0 Å². The summed E-state index contributed by atoms with van der Waals surface area (Å²) in [6.45, 7) is 4.95. The number of benzene rings is 1. The average molecular weight is 191 g/mol. The van der Waals surface area contributed by atoms with Crippen molar-refractivity contribution in [3.05, 3.63) is 34.9 Å². The highest BCUT2D eigenvalue weighted by atomic mass is 16.5. The molecule has 1 aliphatic rings. The average Bonchev–Trinajstić information content (AvgIpc) is 2.18. The number of nitrogens with two attached hydrogens (primary N) is 1. The minimum Gasteiger partial charge on any atom is -0.372 e. The first-order valence-electron chi connectivity index (χ1n) is 5.19. The summed E-state index contributed by atoms with van der Waals surface area (Å²) in [5.41, 5.74) is 10.0. The number of ether oxygens (including phenoxy) is 1. The smallest absolute Gasteiger partial charge is 0.0769 e. The van der Waals surface area contributed by atoms with Crippen LogP contribution in [0.3, 0.4) is 0 Å². The van der Waals surface area contributed by atoms with Crippen molar-refractivity contribution in [1.82, 2.24) is 0 Å². The molecule has 2 rings (SSSR count). The van der Waals surface area contributed by atoms with Crippen molar-refractivity contribution in [1.29, 1.82) is 0 Å². The number of aryl methyl sites for hydroxylation is 1. The Bertz CT molecular complexity index is 335. The van der Waals surface area contributed by atoms with Crippen LogP contribution in [0, 0.1) is 6.92 Å². The minimum absolute atomic E-state index is 0.0462. The van der Waals surface area contributed by atoms with E-state index in [1.807, 2.05) is 0 Å². The van der Waals surface area contributed by atoms with Gasteiger partial charge < -0.3 is 10.5 Å². The lowest BCUT2D eigenvalue weighted by molar-refractivity contribution is 0.00656. The third-order valence-corrected chi connectivity index (χ3v) is 3.00. The summed E-state index contributed by atoms with van der Waals surface area (Å²) in [5, 5.41) is 0. The first-order chi connectivity index (χ1) is 6.74. The Morgan fingerprint density at radius 2 is 2.29 bits per heavy atom. The molecule has 0 amide bonds. The van der Waals surface area contributed by atoms with Crippen LogP contribution < -0.4 is 5.73 Å². The van der Waals surface area contributed by atoms with Gasteiger partial charge in [0.2, 0.25) is 0 Å². The summed E-state index contributed by atoms with van der Waals surface area (Å²) in [4.78, 5) is 0. The van der Waals surface area contributed by atoms with Crippen molar-refractivity contribution >= 4 is 0 Å². The fraction of sp³-hybridized carbons (Fsp3) is 0.500. The predicted molar refractivity (Wildman–Crippen MR) is 57.0 cm³/mol. The summed E-state index contributed by atoms with van der Waals surface area (Å²) < 4.78 is 5.70. The summed E-state index contributed by atoms with van der Waals surface area (Å²) in [7, 11) is 0. The van der Waals surface area contributed by atoms with Gasteiger partial charge >= 0.3 is 0 Å². The number of hydrogen-bond acceptors (Lipinski definition) is 2. The lowest BCUT2D eigenvalue weighted by Crippen LogP contribution is -2.33. The van der Waals surface area contributed by atoms with Gasteiger partial charge in [-0.05, 0) is 30.0 Å². The van der Waals surface area contributed by atoms with E-state index in [4.69, 9.17) is 10.5 Å². The standard InChI is InChI=1S/C12H17NO/c1-3-10-12(13)11-8(2)5-4-6-9(11)7-14-10/h4-6,10,12H,3,7,13H2,1-2H3/t10?,12-/m1/s1. The topological polar surface area (TPSA) is 35.2 Å². The molecule has 1 unspecified atom stereocenters. The molecule has 2 atom stereocenters. The zero-order valence-electron chi connectivity index (χ0n) is 8.79. The van der Waals surface area contributed by atoms with Crippen molar-refractivity contribution in [2.45, 2.75) is 39.0 Å². The van der Waals surface area contributed by atoms with Gasteiger partial charge in [-0.25, -0.2) is 0 Å². The van der Waals surface area contributed by atoms with Gasteiger partial charge in [-0.2, -0.15) is 0 Å². The number of fused-ring (bicyclic) bond motifs is 1. The second kappa shape index (κ2) is 3.71. The van der Waals surface area contributed by atoms with Crippen LogP contribution in [-0.4, -0.2) is 6.10 Å². The van der Waals surface area contributed by atoms with E-state index in [0.29, 0.717) is 6.61 Å². The monoisotopic (exact) mass is 191 g/mol. The van der Waals surface area contributed by atoms with Crippen molar-refractivity contribution in [2.75, 3.05) is 0 Å². The van der Waals surface area contributed by atoms with Crippen molar-refractivity contribution < 1.29 is 4.74 Å². The molecular weight excluding hydrogens is 174 g/mol. The molecule has 0 aliphatic carbocycles. The Kier molecular flexibility index (Phi) is 2.57. The molecular formula is C12H17NO. The fourth-order valence-electron chi connectivity index (χ4n) is 2.20. The molecule has 0 aromatic heterocycles. The Labute approximate surface area is 85.1 Å². The van der Waals surface area contributed by atoms with Gasteiger partial charge in [-0.15, -0.1) is 0 Å². The van der Waals surface area contributed by atoms with E-state index in [-0.39, 0.29) is 12.1 Å². The maximum absolute atomic E-state index is 6.18. The maximum atomic E-state index is 6.18. The summed E-state index contributed by atoms with van der Waals surface area (Å²) in [5.74, 6) is 0. The van der Waals surface area contributed by atoms with Crippen LogP contribution in [0.15, 0.2) is 18.2 Å². The summed E-state index contributed by atoms with van der Waals surface area (Å²) >= 11 is 0. The fourth-order valence-corrected chi connectivity index (χ4v) is 2.20. The van der Waals surface area contributed by atoms with Crippen LogP contribution in [-0.2, 0) is 11.3 Å². The molecule has 1 aliphatic heterocycles. The quantitative estimate of drug-likeness (QED) is 0.739. The Morgan fingerprint density at radius 3 is 3.00 bits per heavy atom. The molecule has 1 heterocycles. The van der Waals surface area contributed by atoms with Crippen LogP contribution in [0.4, 0.5) is 0 Å². The normalized spacial score (nSPS) is 25.9. The first-order valence-corrected chi connectivity index (χ1v) is 5.19. The van der Waals surface area contributed by atoms with E-state index in [1.54, 1.807) is 0 Å². The zero-order chi connectivity index (χ0) is 10.1.